The van der Waals surface area contributed by atoms with Gasteiger partial charge in [-0.15, -0.1) is 5.48 Å². The van der Waals surface area contributed by atoms with Crippen LogP contribution in [0, 0.1) is 11.8 Å². The van der Waals surface area contributed by atoms with E-state index in [0.717, 1.165) is 41.7 Å². The van der Waals surface area contributed by atoms with Crippen molar-refractivity contribution in [2.24, 2.45) is 11.8 Å². The minimum atomic E-state index is -0.680. The lowest BCUT2D eigenvalue weighted by atomic mass is 9.83. The third-order valence-corrected chi connectivity index (χ3v) is 8.44. The fourth-order valence-electron chi connectivity index (χ4n) is 5.79. The molecule has 3 aromatic rings. The number of aromatic nitrogens is 4. The number of halogens is 1. The second-order valence-electron chi connectivity index (χ2n) is 10.9. The van der Waals surface area contributed by atoms with Gasteiger partial charge in [-0.3, -0.25) is 5.32 Å². The van der Waals surface area contributed by atoms with Crippen molar-refractivity contribution in [2.45, 2.75) is 71.3 Å². The van der Waals surface area contributed by atoms with Crippen molar-refractivity contribution in [1.82, 2.24) is 30.3 Å². The number of ether oxygens (including phenoxy) is 1. The summed E-state index contributed by atoms with van der Waals surface area (Å²) in [5.74, 6) is 2.59. The number of carbonyl (C=O) groups excluding carboxylic acids is 1. The zero-order chi connectivity index (χ0) is 26.4. The van der Waals surface area contributed by atoms with Crippen molar-refractivity contribution in [1.29, 1.82) is 0 Å². The van der Waals surface area contributed by atoms with Crippen molar-refractivity contribution in [3.63, 3.8) is 0 Å². The number of fused-ring (bicyclic) bond motifs is 1. The molecule has 38 heavy (non-hydrogen) atoms. The number of anilines is 1. The predicted octanol–water partition coefficient (Wildman–Crippen LogP) is 4.83. The fourth-order valence-corrected chi connectivity index (χ4v) is 5.98. The SMILES string of the molecule is CC1CCC(Cn2c(N3CCO[C@H](C)[C@H]3C)nc3nc(C4NOC(=O)N4)nc(-c4cccc(Cl)c4)c32)CC1. The van der Waals surface area contributed by atoms with Crippen molar-refractivity contribution < 1.29 is 14.4 Å². The summed E-state index contributed by atoms with van der Waals surface area (Å²) in [5.41, 5.74) is 5.72. The molecule has 0 radical (unpaired) electrons. The number of nitrogens with one attached hydrogen (secondary N) is 2. The first-order chi connectivity index (χ1) is 18.4. The van der Waals surface area contributed by atoms with E-state index in [-0.39, 0.29) is 12.1 Å². The highest BCUT2D eigenvalue weighted by atomic mass is 35.5. The lowest BCUT2D eigenvalue weighted by Crippen LogP contribution is -2.49. The minimum absolute atomic E-state index is 0.0802. The van der Waals surface area contributed by atoms with Crippen molar-refractivity contribution in [3.8, 4) is 11.3 Å². The average Bonchev–Trinajstić information content (AvgIpc) is 3.50. The lowest BCUT2D eigenvalue weighted by Gasteiger charge is -2.39. The molecule has 1 saturated carbocycles. The number of morpholine rings is 1. The smallest absolute Gasteiger partial charge is 0.375 e. The summed E-state index contributed by atoms with van der Waals surface area (Å²) in [5, 5.41) is 3.33. The van der Waals surface area contributed by atoms with Gasteiger partial charge in [-0.25, -0.2) is 14.8 Å². The molecule has 0 spiro atoms. The molecule has 1 unspecified atom stereocenters. The number of hydrogen-bond donors (Lipinski definition) is 2. The number of rotatable bonds is 5. The molecule has 1 aromatic carbocycles. The molecule has 1 amide bonds. The van der Waals surface area contributed by atoms with E-state index in [4.69, 9.17) is 36.1 Å². The van der Waals surface area contributed by atoms with Gasteiger partial charge in [0.25, 0.3) is 0 Å². The van der Waals surface area contributed by atoms with Crippen molar-refractivity contribution in [3.05, 3.63) is 35.1 Å². The average molecular weight is 540 g/mol. The van der Waals surface area contributed by atoms with Crippen LogP contribution in [0.4, 0.5) is 10.7 Å². The van der Waals surface area contributed by atoms with Crippen LogP contribution in [0.2, 0.25) is 5.02 Å². The molecule has 3 atom stereocenters. The topological polar surface area (TPSA) is 106 Å². The monoisotopic (exact) mass is 539 g/mol. The maximum absolute atomic E-state index is 11.8. The summed E-state index contributed by atoms with van der Waals surface area (Å²) in [6.07, 6.45) is 3.69. The third kappa shape index (κ3) is 4.81. The summed E-state index contributed by atoms with van der Waals surface area (Å²) in [7, 11) is 0. The number of hydrogen-bond acceptors (Lipinski definition) is 8. The second kappa shape index (κ2) is 10.3. The first-order valence-electron chi connectivity index (χ1n) is 13.5. The Morgan fingerprint density at radius 1 is 1.11 bits per heavy atom. The van der Waals surface area contributed by atoms with Gasteiger partial charge in [-0.05, 0) is 50.7 Å². The van der Waals surface area contributed by atoms with Crippen LogP contribution in [0.25, 0.3) is 22.4 Å². The first-order valence-corrected chi connectivity index (χ1v) is 13.9. The normalized spacial score (nSPS) is 27.9. The molecule has 6 rings (SSSR count). The van der Waals surface area contributed by atoms with Gasteiger partial charge in [0.15, 0.2) is 17.6 Å². The Kier molecular flexibility index (Phi) is 6.88. The summed E-state index contributed by atoms with van der Waals surface area (Å²) in [6.45, 7) is 8.86. The van der Waals surface area contributed by atoms with E-state index in [1.165, 1.54) is 25.7 Å². The maximum Gasteiger partial charge on any atom is 0.427 e. The quantitative estimate of drug-likeness (QED) is 0.475. The molecular weight excluding hydrogens is 506 g/mol. The van der Waals surface area contributed by atoms with Crippen LogP contribution in [0.3, 0.4) is 0 Å². The zero-order valence-electron chi connectivity index (χ0n) is 22.0. The molecule has 2 aliphatic heterocycles. The van der Waals surface area contributed by atoms with E-state index in [1.54, 1.807) is 0 Å². The van der Waals surface area contributed by atoms with Crippen LogP contribution in [-0.2, 0) is 16.1 Å². The van der Waals surface area contributed by atoms with Gasteiger partial charge in [0.2, 0.25) is 5.95 Å². The van der Waals surface area contributed by atoms with Crippen molar-refractivity contribution in [2.75, 3.05) is 18.1 Å². The Hall–Kier alpha value is -2.95. The van der Waals surface area contributed by atoms with E-state index in [9.17, 15) is 4.79 Å². The van der Waals surface area contributed by atoms with Crippen LogP contribution in [0.5, 0.6) is 0 Å². The van der Waals surface area contributed by atoms with Gasteiger partial charge >= 0.3 is 6.09 Å². The fraction of sp³-hybridized carbons (Fsp3) is 0.556. The highest BCUT2D eigenvalue weighted by Gasteiger charge is 2.34. The molecule has 2 aromatic heterocycles. The molecule has 3 fully saturated rings. The molecule has 0 bridgehead atoms. The van der Waals surface area contributed by atoms with Crippen LogP contribution in [0.1, 0.15) is 58.4 Å². The van der Waals surface area contributed by atoms with Gasteiger partial charge in [0, 0.05) is 23.7 Å². The summed E-state index contributed by atoms with van der Waals surface area (Å²) < 4.78 is 8.26. The third-order valence-electron chi connectivity index (χ3n) is 8.21. The van der Waals surface area contributed by atoms with Gasteiger partial charge < -0.3 is 19.0 Å². The van der Waals surface area contributed by atoms with Gasteiger partial charge in [0.1, 0.15) is 11.2 Å². The lowest BCUT2D eigenvalue weighted by molar-refractivity contribution is 0.0274. The molecule has 2 N–H and O–H groups in total. The Balaban J connectivity index is 1.54. The number of imidazole rings is 1. The number of hydroxylamine groups is 1. The zero-order valence-corrected chi connectivity index (χ0v) is 22.7. The Morgan fingerprint density at radius 3 is 2.66 bits per heavy atom. The molecule has 10 nitrogen and oxygen atoms in total. The standard InChI is InChI=1S/C27H34ClN7O3/c1-15-7-9-18(10-8-15)14-35-22-21(19-5-4-6-20(28)13-19)29-24(25-32-27(36)38-33-25)30-23(22)31-26(35)34-11-12-37-17(3)16(34)2/h4-6,13,15-18,25,33H,7-12,14H2,1-3H3,(H,32,36)/t15?,16-,17-,18?,25?/m1/s1. The molecule has 11 heteroatoms. The van der Waals surface area contributed by atoms with E-state index < -0.39 is 12.3 Å². The van der Waals surface area contributed by atoms with Crippen LogP contribution in [0.15, 0.2) is 24.3 Å². The van der Waals surface area contributed by atoms with Crippen LogP contribution in [-0.4, -0.2) is 50.9 Å². The van der Waals surface area contributed by atoms with E-state index in [2.05, 4.69) is 41.0 Å². The summed E-state index contributed by atoms with van der Waals surface area (Å²) in [6, 6.07) is 7.81. The van der Waals surface area contributed by atoms with E-state index in [1.807, 2.05) is 24.3 Å². The van der Waals surface area contributed by atoms with Gasteiger partial charge in [-0.1, -0.05) is 43.5 Å². The highest BCUT2D eigenvalue weighted by Crippen LogP contribution is 2.37. The molecule has 1 aliphatic carbocycles. The van der Waals surface area contributed by atoms with E-state index >= 15 is 0 Å². The summed E-state index contributed by atoms with van der Waals surface area (Å²) >= 11 is 6.43. The number of benzene rings is 1. The number of amides is 1. The molecular formula is C27H34ClN7O3. The number of carbonyl (C=O) groups is 1. The van der Waals surface area contributed by atoms with Gasteiger partial charge in [-0.2, -0.15) is 4.98 Å². The Bertz CT molecular complexity index is 1340. The predicted molar refractivity (Wildman–Crippen MR) is 145 cm³/mol. The summed E-state index contributed by atoms with van der Waals surface area (Å²) in [4.78, 5) is 33.9. The minimum Gasteiger partial charge on any atom is -0.375 e. The van der Waals surface area contributed by atoms with Crippen LogP contribution >= 0.6 is 11.6 Å². The Morgan fingerprint density at radius 2 is 1.92 bits per heavy atom. The van der Waals surface area contributed by atoms with Crippen LogP contribution < -0.4 is 15.7 Å². The molecule has 3 aliphatic rings. The second-order valence-corrected chi connectivity index (χ2v) is 11.3. The maximum atomic E-state index is 11.8. The molecule has 202 valence electrons. The first kappa shape index (κ1) is 25.3. The number of nitrogens with zero attached hydrogens (tertiary/aromatic N) is 5. The van der Waals surface area contributed by atoms with E-state index in [0.29, 0.717) is 29.0 Å². The van der Waals surface area contributed by atoms with Crippen molar-refractivity contribution >= 4 is 34.8 Å². The largest absolute Gasteiger partial charge is 0.427 e. The Labute approximate surface area is 227 Å². The molecule has 4 heterocycles. The highest BCUT2D eigenvalue weighted by molar-refractivity contribution is 6.30. The molecule has 2 saturated heterocycles. The van der Waals surface area contributed by atoms with Gasteiger partial charge in [0.05, 0.1) is 18.8 Å².